The van der Waals surface area contributed by atoms with E-state index in [0.29, 0.717) is 12.6 Å². The molecule has 0 amide bonds. The fraction of sp³-hybridized carbons (Fsp3) is 0.538. The topological polar surface area (TPSA) is 41.5 Å². The predicted octanol–water partition coefficient (Wildman–Crippen LogP) is 2.22. The summed E-state index contributed by atoms with van der Waals surface area (Å²) in [6, 6.07) is 5.68. The highest BCUT2D eigenvalue weighted by molar-refractivity contribution is 5.44. The summed E-state index contributed by atoms with van der Waals surface area (Å²) in [6.45, 7) is 1.78. The van der Waals surface area contributed by atoms with E-state index in [2.05, 4.69) is 5.32 Å². The molecule has 86 valence electrons. The summed E-state index contributed by atoms with van der Waals surface area (Å²) < 4.78 is 5.55. The van der Waals surface area contributed by atoms with Crippen LogP contribution >= 0.6 is 0 Å². The van der Waals surface area contributed by atoms with E-state index in [1.165, 1.54) is 24.8 Å². The molecule has 3 nitrogen and oxygen atoms in total. The summed E-state index contributed by atoms with van der Waals surface area (Å²) in [7, 11) is 0. The first kappa shape index (κ1) is 9.97. The van der Waals surface area contributed by atoms with E-state index in [9.17, 15) is 5.11 Å². The fourth-order valence-electron chi connectivity index (χ4n) is 2.37. The van der Waals surface area contributed by atoms with Gasteiger partial charge in [-0.05, 0) is 37.4 Å². The van der Waals surface area contributed by atoms with Crippen LogP contribution in [0.25, 0.3) is 0 Å². The highest BCUT2D eigenvalue weighted by atomic mass is 16.5. The van der Waals surface area contributed by atoms with Gasteiger partial charge in [-0.1, -0.05) is 6.42 Å². The third kappa shape index (κ3) is 1.76. The maximum atomic E-state index is 9.35. The van der Waals surface area contributed by atoms with Crippen molar-refractivity contribution in [1.29, 1.82) is 0 Å². The standard InChI is InChI=1S/C13H17NO2/c15-10-4-5-11-12(8-16-13(11)6-10)14-7-9-2-1-3-9/h4-6,9,12,14-15H,1-3,7-8H2. The van der Waals surface area contributed by atoms with Crippen LogP contribution in [-0.4, -0.2) is 18.3 Å². The van der Waals surface area contributed by atoms with Crippen molar-refractivity contribution in [2.75, 3.05) is 13.2 Å². The molecule has 1 saturated carbocycles. The molecule has 1 unspecified atom stereocenters. The second-order valence-electron chi connectivity index (χ2n) is 4.79. The number of phenolic OH excluding ortho intramolecular Hbond substituents is 1. The number of hydrogen-bond donors (Lipinski definition) is 2. The molecule has 2 N–H and O–H groups in total. The quantitative estimate of drug-likeness (QED) is 0.819. The van der Waals surface area contributed by atoms with Gasteiger partial charge in [0.05, 0.1) is 6.04 Å². The average molecular weight is 219 g/mol. The van der Waals surface area contributed by atoms with Crippen molar-refractivity contribution in [2.45, 2.75) is 25.3 Å². The lowest BCUT2D eigenvalue weighted by atomic mass is 9.85. The molecule has 1 aliphatic heterocycles. The molecular formula is C13H17NO2. The number of fused-ring (bicyclic) bond motifs is 1. The molecule has 1 aliphatic carbocycles. The number of benzene rings is 1. The molecule has 1 aromatic carbocycles. The second-order valence-corrected chi connectivity index (χ2v) is 4.79. The monoisotopic (exact) mass is 219 g/mol. The number of rotatable bonds is 3. The summed E-state index contributed by atoms with van der Waals surface area (Å²) in [6.07, 6.45) is 4.12. The Morgan fingerprint density at radius 1 is 1.38 bits per heavy atom. The first-order chi connectivity index (χ1) is 7.83. The van der Waals surface area contributed by atoms with Gasteiger partial charge in [0, 0.05) is 11.6 Å². The van der Waals surface area contributed by atoms with E-state index in [-0.39, 0.29) is 5.75 Å². The fourth-order valence-corrected chi connectivity index (χ4v) is 2.37. The highest BCUT2D eigenvalue weighted by Crippen LogP contribution is 2.35. The van der Waals surface area contributed by atoms with Gasteiger partial charge in [-0.2, -0.15) is 0 Å². The van der Waals surface area contributed by atoms with Crippen molar-refractivity contribution in [3.8, 4) is 11.5 Å². The molecule has 1 atom stereocenters. The SMILES string of the molecule is Oc1ccc2c(c1)OCC2NCC1CCC1. The zero-order valence-corrected chi connectivity index (χ0v) is 9.28. The Morgan fingerprint density at radius 3 is 3.00 bits per heavy atom. The molecule has 1 fully saturated rings. The first-order valence-electron chi connectivity index (χ1n) is 6.02. The van der Waals surface area contributed by atoms with E-state index in [4.69, 9.17) is 4.74 Å². The van der Waals surface area contributed by atoms with Gasteiger partial charge in [-0.15, -0.1) is 0 Å². The molecule has 16 heavy (non-hydrogen) atoms. The van der Waals surface area contributed by atoms with Crippen LogP contribution in [0, 0.1) is 5.92 Å². The van der Waals surface area contributed by atoms with Crippen LogP contribution in [0.5, 0.6) is 11.5 Å². The van der Waals surface area contributed by atoms with Crippen molar-refractivity contribution in [3.63, 3.8) is 0 Å². The number of aromatic hydroxyl groups is 1. The van der Waals surface area contributed by atoms with Gasteiger partial charge < -0.3 is 15.2 Å². The summed E-state index contributed by atoms with van der Waals surface area (Å²) in [5, 5.41) is 12.9. The van der Waals surface area contributed by atoms with Crippen molar-refractivity contribution < 1.29 is 9.84 Å². The summed E-state index contributed by atoms with van der Waals surface area (Å²) in [5.74, 6) is 1.96. The molecule has 0 aromatic heterocycles. The number of hydrogen-bond acceptors (Lipinski definition) is 3. The van der Waals surface area contributed by atoms with Gasteiger partial charge in [0.2, 0.25) is 0 Å². The van der Waals surface area contributed by atoms with Gasteiger partial charge in [-0.25, -0.2) is 0 Å². The number of phenols is 1. The van der Waals surface area contributed by atoms with Gasteiger partial charge in [0.25, 0.3) is 0 Å². The Labute approximate surface area is 95.4 Å². The van der Waals surface area contributed by atoms with Crippen LogP contribution < -0.4 is 10.1 Å². The molecular weight excluding hydrogens is 202 g/mol. The molecule has 2 aliphatic rings. The normalized spacial score (nSPS) is 23.6. The lowest BCUT2D eigenvalue weighted by Crippen LogP contribution is -2.31. The maximum absolute atomic E-state index is 9.35. The van der Waals surface area contributed by atoms with Crippen LogP contribution in [-0.2, 0) is 0 Å². The molecule has 1 heterocycles. The molecule has 0 saturated heterocycles. The van der Waals surface area contributed by atoms with Gasteiger partial charge in [-0.3, -0.25) is 0 Å². The number of nitrogens with one attached hydrogen (secondary N) is 1. The second kappa shape index (κ2) is 3.98. The molecule has 1 aromatic rings. The Hall–Kier alpha value is -1.22. The van der Waals surface area contributed by atoms with Crippen molar-refractivity contribution in [3.05, 3.63) is 23.8 Å². The van der Waals surface area contributed by atoms with Crippen molar-refractivity contribution in [2.24, 2.45) is 5.92 Å². The molecule has 0 bridgehead atoms. The molecule has 3 rings (SSSR count). The molecule has 0 spiro atoms. The van der Waals surface area contributed by atoms with E-state index >= 15 is 0 Å². The summed E-state index contributed by atoms with van der Waals surface area (Å²) >= 11 is 0. The highest BCUT2D eigenvalue weighted by Gasteiger charge is 2.26. The lowest BCUT2D eigenvalue weighted by Gasteiger charge is -2.26. The first-order valence-corrected chi connectivity index (χ1v) is 6.02. The number of ether oxygens (including phenoxy) is 1. The van der Waals surface area contributed by atoms with Gasteiger partial charge in [0.1, 0.15) is 18.1 Å². The minimum Gasteiger partial charge on any atom is -0.508 e. The largest absolute Gasteiger partial charge is 0.508 e. The van der Waals surface area contributed by atoms with Crippen LogP contribution in [0.2, 0.25) is 0 Å². The summed E-state index contributed by atoms with van der Waals surface area (Å²) in [4.78, 5) is 0. The maximum Gasteiger partial charge on any atom is 0.127 e. The third-order valence-corrected chi connectivity index (χ3v) is 3.66. The van der Waals surface area contributed by atoms with Crippen LogP contribution in [0.3, 0.4) is 0 Å². The van der Waals surface area contributed by atoms with E-state index in [1.807, 2.05) is 6.07 Å². The van der Waals surface area contributed by atoms with E-state index in [1.54, 1.807) is 12.1 Å². The van der Waals surface area contributed by atoms with Gasteiger partial charge in [0.15, 0.2) is 0 Å². The minimum absolute atomic E-state index is 0.276. The molecule has 3 heteroatoms. The zero-order chi connectivity index (χ0) is 11.0. The average Bonchev–Trinajstić information content (AvgIpc) is 2.58. The van der Waals surface area contributed by atoms with Crippen LogP contribution in [0.1, 0.15) is 30.9 Å². The smallest absolute Gasteiger partial charge is 0.127 e. The van der Waals surface area contributed by atoms with Crippen molar-refractivity contribution in [1.82, 2.24) is 5.32 Å². The Morgan fingerprint density at radius 2 is 2.25 bits per heavy atom. The minimum atomic E-state index is 0.276. The third-order valence-electron chi connectivity index (χ3n) is 3.66. The summed E-state index contributed by atoms with van der Waals surface area (Å²) in [5.41, 5.74) is 1.18. The molecule has 0 radical (unpaired) electrons. The van der Waals surface area contributed by atoms with E-state index < -0.39 is 0 Å². The van der Waals surface area contributed by atoms with Crippen LogP contribution in [0.15, 0.2) is 18.2 Å². The Kier molecular flexibility index (Phi) is 2.48. The predicted molar refractivity (Wildman–Crippen MR) is 61.7 cm³/mol. The van der Waals surface area contributed by atoms with Crippen LogP contribution in [0.4, 0.5) is 0 Å². The Bertz CT molecular complexity index is 388. The Balaban J connectivity index is 1.66. The lowest BCUT2D eigenvalue weighted by molar-refractivity contribution is 0.264. The zero-order valence-electron chi connectivity index (χ0n) is 9.28. The van der Waals surface area contributed by atoms with Gasteiger partial charge >= 0.3 is 0 Å². The van der Waals surface area contributed by atoms with Crippen molar-refractivity contribution >= 4 is 0 Å². The van der Waals surface area contributed by atoms with E-state index in [0.717, 1.165) is 18.2 Å².